The van der Waals surface area contributed by atoms with Crippen LogP contribution in [0.3, 0.4) is 0 Å². The SMILES string of the molecule is CCc1nc(N)c(C2CC2)nc1-c1ccc(OC)cc1Cl.OC1Cc2ccccc2C1. The molecule has 1 aromatic heterocycles. The lowest BCUT2D eigenvalue weighted by Crippen LogP contribution is -2.06. The van der Waals surface area contributed by atoms with Crippen molar-refractivity contribution >= 4 is 17.4 Å². The number of aliphatic hydroxyl groups excluding tert-OH is 1. The van der Waals surface area contributed by atoms with Crippen molar-refractivity contribution in [3.63, 3.8) is 0 Å². The van der Waals surface area contributed by atoms with Crippen molar-refractivity contribution in [2.75, 3.05) is 12.8 Å². The van der Waals surface area contributed by atoms with Gasteiger partial charge in [-0.3, -0.25) is 0 Å². The Balaban J connectivity index is 0.000000192. The lowest BCUT2D eigenvalue weighted by molar-refractivity contribution is 0.187. The Hall–Kier alpha value is -2.63. The maximum absolute atomic E-state index is 9.25. The second-order valence-corrected chi connectivity index (χ2v) is 8.50. The Bertz CT molecular complexity index is 1060. The maximum atomic E-state index is 9.25. The number of ether oxygens (including phenoxy) is 1. The van der Waals surface area contributed by atoms with E-state index < -0.39 is 0 Å². The van der Waals surface area contributed by atoms with E-state index in [1.807, 2.05) is 31.2 Å². The fraction of sp³-hybridized carbons (Fsp3) is 0.360. The zero-order chi connectivity index (χ0) is 22.0. The summed E-state index contributed by atoms with van der Waals surface area (Å²) < 4.78 is 5.19. The van der Waals surface area contributed by atoms with E-state index in [0.29, 0.717) is 16.8 Å². The van der Waals surface area contributed by atoms with Crippen LogP contribution in [-0.2, 0) is 19.3 Å². The average Bonchev–Trinajstić information content (AvgIpc) is 3.54. The van der Waals surface area contributed by atoms with Gasteiger partial charge in [0, 0.05) is 11.5 Å². The van der Waals surface area contributed by atoms with Crippen molar-refractivity contribution in [1.82, 2.24) is 9.97 Å². The van der Waals surface area contributed by atoms with Gasteiger partial charge < -0.3 is 15.6 Å². The van der Waals surface area contributed by atoms with Gasteiger partial charge in [0.15, 0.2) is 0 Å². The molecule has 3 aromatic rings. The highest BCUT2D eigenvalue weighted by Crippen LogP contribution is 2.43. The van der Waals surface area contributed by atoms with Crippen molar-refractivity contribution in [1.29, 1.82) is 0 Å². The third-order valence-electron chi connectivity index (χ3n) is 5.78. The number of aryl methyl sites for hydroxylation is 1. The molecule has 0 bridgehead atoms. The van der Waals surface area contributed by atoms with Crippen LogP contribution in [0, 0.1) is 0 Å². The Labute approximate surface area is 188 Å². The first-order valence-corrected chi connectivity index (χ1v) is 11.1. The highest BCUT2D eigenvalue weighted by Gasteiger charge is 2.29. The summed E-state index contributed by atoms with van der Waals surface area (Å²) >= 11 is 6.38. The molecule has 6 heteroatoms. The van der Waals surface area contributed by atoms with Gasteiger partial charge in [0.05, 0.1) is 35.3 Å². The van der Waals surface area contributed by atoms with E-state index in [-0.39, 0.29) is 6.10 Å². The van der Waals surface area contributed by atoms with Crippen molar-refractivity contribution in [2.45, 2.75) is 51.0 Å². The van der Waals surface area contributed by atoms with Gasteiger partial charge in [0.2, 0.25) is 0 Å². The molecule has 0 radical (unpaired) electrons. The summed E-state index contributed by atoms with van der Waals surface area (Å²) in [5.41, 5.74) is 12.2. The molecule has 2 aromatic carbocycles. The van der Waals surface area contributed by atoms with Gasteiger partial charge in [-0.25, -0.2) is 9.97 Å². The zero-order valence-corrected chi connectivity index (χ0v) is 18.7. The van der Waals surface area contributed by atoms with Gasteiger partial charge in [-0.1, -0.05) is 42.8 Å². The summed E-state index contributed by atoms with van der Waals surface area (Å²) in [6, 6.07) is 13.8. The first-order valence-electron chi connectivity index (χ1n) is 10.7. The first kappa shape index (κ1) is 21.6. The Morgan fingerprint density at radius 1 is 1.10 bits per heavy atom. The number of methoxy groups -OCH3 is 1. The Kier molecular flexibility index (Phi) is 6.44. The quantitative estimate of drug-likeness (QED) is 0.602. The second kappa shape index (κ2) is 9.25. The molecule has 162 valence electrons. The number of fused-ring (bicyclic) bond motifs is 1. The number of aliphatic hydroxyl groups is 1. The number of nitrogens with two attached hydrogens (primary N) is 1. The molecule has 5 rings (SSSR count). The van der Waals surface area contributed by atoms with E-state index in [9.17, 15) is 5.11 Å². The maximum Gasteiger partial charge on any atom is 0.145 e. The van der Waals surface area contributed by atoms with Gasteiger partial charge in [-0.05, 0) is 61.4 Å². The highest BCUT2D eigenvalue weighted by atomic mass is 35.5. The fourth-order valence-corrected chi connectivity index (χ4v) is 4.23. The standard InChI is InChI=1S/C16H18ClN3O.C9H10O/c1-3-13-15(11-7-6-10(21-2)8-12(11)17)20-14(9-4-5-9)16(18)19-13;10-9-5-7-3-1-2-4-8(7)6-9/h6-9H,3-5H2,1-2H3,(H2,18,19);1-4,9-10H,5-6H2. The molecule has 31 heavy (non-hydrogen) atoms. The summed E-state index contributed by atoms with van der Waals surface area (Å²) in [5, 5.41) is 9.87. The van der Waals surface area contributed by atoms with E-state index in [1.54, 1.807) is 13.2 Å². The molecule has 1 heterocycles. The predicted octanol–water partition coefficient (Wildman–Crippen LogP) is 4.97. The molecule has 0 amide bonds. The number of nitrogen functional groups attached to an aromatic ring is 1. The molecule has 5 nitrogen and oxygen atoms in total. The fourth-order valence-electron chi connectivity index (χ4n) is 3.97. The van der Waals surface area contributed by atoms with E-state index in [2.05, 4.69) is 17.1 Å². The van der Waals surface area contributed by atoms with Crippen LogP contribution in [-0.4, -0.2) is 28.3 Å². The van der Waals surface area contributed by atoms with Crippen LogP contribution in [0.25, 0.3) is 11.3 Å². The summed E-state index contributed by atoms with van der Waals surface area (Å²) in [5.74, 6) is 1.74. The molecule has 0 spiro atoms. The summed E-state index contributed by atoms with van der Waals surface area (Å²) in [6.45, 7) is 2.04. The normalized spacial score (nSPS) is 15.2. The van der Waals surface area contributed by atoms with Gasteiger partial charge in [0.1, 0.15) is 11.6 Å². The molecule has 3 N–H and O–H groups in total. The first-order chi connectivity index (χ1) is 15.0. The molecule has 0 aliphatic heterocycles. The van der Waals surface area contributed by atoms with Crippen molar-refractivity contribution in [2.24, 2.45) is 0 Å². The minimum atomic E-state index is -0.127. The molecule has 0 saturated heterocycles. The van der Waals surface area contributed by atoms with Crippen LogP contribution in [0.2, 0.25) is 5.02 Å². The molecule has 1 fully saturated rings. The van der Waals surface area contributed by atoms with Crippen LogP contribution in [0.5, 0.6) is 5.75 Å². The smallest absolute Gasteiger partial charge is 0.145 e. The number of hydrogen-bond donors (Lipinski definition) is 2. The lowest BCUT2D eigenvalue weighted by Gasteiger charge is -2.13. The van der Waals surface area contributed by atoms with E-state index in [4.69, 9.17) is 27.1 Å². The van der Waals surface area contributed by atoms with Crippen LogP contribution in [0.4, 0.5) is 5.82 Å². The molecule has 2 aliphatic rings. The van der Waals surface area contributed by atoms with Gasteiger partial charge >= 0.3 is 0 Å². The Morgan fingerprint density at radius 3 is 2.32 bits per heavy atom. The second-order valence-electron chi connectivity index (χ2n) is 8.09. The molecule has 0 atom stereocenters. The van der Waals surface area contributed by atoms with Crippen molar-refractivity contribution < 1.29 is 9.84 Å². The predicted molar refractivity (Wildman–Crippen MR) is 125 cm³/mol. The van der Waals surface area contributed by atoms with Gasteiger partial charge in [-0.15, -0.1) is 0 Å². The molecule has 2 aliphatic carbocycles. The van der Waals surface area contributed by atoms with Gasteiger partial charge in [0.25, 0.3) is 0 Å². The minimum Gasteiger partial charge on any atom is -0.497 e. The third-order valence-corrected chi connectivity index (χ3v) is 6.10. The van der Waals surface area contributed by atoms with Crippen LogP contribution in [0.15, 0.2) is 42.5 Å². The molecule has 0 unspecified atom stereocenters. The van der Waals surface area contributed by atoms with E-state index >= 15 is 0 Å². The zero-order valence-electron chi connectivity index (χ0n) is 17.9. The van der Waals surface area contributed by atoms with Crippen molar-refractivity contribution in [3.8, 4) is 17.0 Å². The van der Waals surface area contributed by atoms with Crippen LogP contribution in [0.1, 0.15) is 48.2 Å². The summed E-state index contributed by atoms with van der Waals surface area (Å²) in [7, 11) is 1.62. The molecular weight excluding hydrogens is 410 g/mol. The third kappa shape index (κ3) is 4.83. The Morgan fingerprint density at radius 2 is 1.77 bits per heavy atom. The summed E-state index contributed by atoms with van der Waals surface area (Å²) in [4.78, 5) is 9.32. The van der Waals surface area contributed by atoms with E-state index in [0.717, 1.165) is 60.5 Å². The number of rotatable bonds is 4. The van der Waals surface area contributed by atoms with Gasteiger partial charge in [-0.2, -0.15) is 0 Å². The summed E-state index contributed by atoms with van der Waals surface area (Å²) in [6.07, 6.45) is 4.60. The monoisotopic (exact) mass is 437 g/mol. The highest BCUT2D eigenvalue weighted by molar-refractivity contribution is 6.33. The van der Waals surface area contributed by atoms with Crippen molar-refractivity contribution in [3.05, 3.63) is 70.0 Å². The van der Waals surface area contributed by atoms with Crippen LogP contribution < -0.4 is 10.5 Å². The number of hydrogen-bond acceptors (Lipinski definition) is 5. The largest absolute Gasteiger partial charge is 0.497 e. The number of halogens is 1. The average molecular weight is 438 g/mol. The van der Waals surface area contributed by atoms with Crippen LogP contribution >= 0.6 is 11.6 Å². The molecular formula is C25H28ClN3O2. The number of nitrogens with zero attached hydrogens (tertiary/aromatic N) is 2. The lowest BCUT2D eigenvalue weighted by atomic mass is 10.1. The number of anilines is 1. The minimum absolute atomic E-state index is 0.127. The number of benzene rings is 2. The topological polar surface area (TPSA) is 81.3 Å². The number of aromatic nitrogens is 2. The molecule has 1 saturated carbocycles. The van der Waals surface area contributed by atoms with E-state index in [1.165, 1.54) is 11.1 Å².